The molecule has 0 saturated heterocycles. The molecule has 3 atom stereocenters. The number of para-hydroxylation sites is 1. The maximum Gasteiger partial charge on any atom is 0.307 e. The number of aromatic nitrogens is 4. The Bertz CT molecular complexity index is 700. The molecule has 114 valence electrons. The number of carboxylic acids is 1. The molecule has 1 aliphatic rings. The highest BCUT2D eigenvalue weighted by molar-refractivity contribution is 5.89. The van der Waals surface area contributed by atoms with E-state index in [1.54, 1.807) is 11.6 Å². The van der Waals surface area contributed by atoms with Crippen molar-refractivity contribution in [2.45, 2.75) is 19.4 Å². The van der Waals surface area contributed by atoms with Gasteiger partial charge in [-0.05, 0) is 35.9 Å². The molecule has 3 rings (SSSR count). The van der Waals surface area contributed by atoms with Crippen LogP contribution in [0, 0.1) is 11.8 Å². The lowest BCUT2D eigenvalue weighted by molar-refractivity contribution is -0.140. The summed E-state index contributed by atoms with van der Waals surface area (Å²) < 4.78 is 1.55. The van der Waals surface area contributed by atoms with E-state index in [1.165, 1.54) is 0 Å². The molecule has 0 aliphatic heterocycles. The lowest BCUT2D eigenvalue weighted by atomic mass is 10.2. The van der Waals surface area contributed by atoms with E-state index in [-0.39, 0.29) is 5.91 Å². The molecular weight excluding hydrogens is 286 g/mol. The molecule has 0 radical (unpaired) electrons. The Balaban J connectivity index is 1.72. The summed E-state index contributed by atoms with van der Waals surface area (Å²) in [5.41, 5.74) is 0.790. The molecule has 8 heteroatoms. The average Bonchev–Trinajstić information content (AvgIpc) is 3.17. The minimum Gasteiger partial charge on any atom is -0.481 e. The number of nitrogens with zero attached hydrogens (tertiary/aromatic N) is 4. The molecule has 0 spiro atoms. The summed E-state index contributed by atoms with van der Waals surface area (Å²) in [5.74, 6) is -1.74. The van der Waals surface area contributed by atoms with Crippen molar-refractivity contribution in [3.63, 3.8) is 0 Å². The van der Waals surface area contributed by atoms with Gasteiger partial charge in [-0.15, -0.1) is 5.10 Å². The van der Waals surface area contributed by atoms with Gasteiger partial charge in [-0.1, -0.05) is 18.2 Å². The van der Waals surface area contributed by atoms with Crippen molar-refractivity contribution in [2.75, 3.05) is 0 Å². The lowest BCUT2D eigenvalue weighted by Crippen LogP contribution is -2.30. The highest BCUT2D eigenvalue weighted by atomic mass is 16.4. The molecule has 0 bridgehead atoms. The fourth-order valence-electron chi connectivity index (χ4n) is 2.36. The number of amides is 1. The van der Waals surface area contributed by atoms with Gasteiger partial charge in [0.25, 0.3) is 0 Å². The van der Waals surface area contributed by atoms with Gasteiger partial charge >= 0.3 is 5.97 Å². The van der Waals surface area contributed by atoms with Crippen molar-refractivity contribution in [1.82, 2.24) is 25.5 Å². The molecule has 2 N–H and O–H groups in total. The van der Waals surface area contributed by atoms with Gasteiger partial charge in [-0.25, -0.2) is 0 Å². The second kappa shape index (κ2) is 5.55. The molecule has 1 aromatic carbocycles. The number of hydrogen-bond acceptors (Lipinski definition) is 5. The van der Waals surface area contributed by atoms with Crippen molar-refractivity contribution < 1.29 is 14.7 Å². The molecule has 1 saturated carbocycles. The van der Waals surface area contributed by atoms with Gasteiger partial charge in [0.2, 0.25) is 5.91 Å². The molecule has 1 fully saturated rings. The van der Waals surface area contributed by atoms with E-state index >= 15 is 0 Å². The highest BCUT2D eigenvalue weighted by Gasteiger charge is 2.48. The molecule has 3 unspecified atom stereocenters. The molecular formula is C14H15N5O3. The normalized spacial score (nSPS) is 21.1. The number of aliphatic carboxylic acids is 1. The summed E-state index contributed by atoms with van der Waals surface area (Å²) in [6.07, 6.45) is 0.386. The van der Waals surface area contributed by atoms with E-state index in [9.17, 15) is 9.59 Å². The van der Waals surface area contributed by atoms with Crippen molar-refractivity contribution in [3.05, 3.63) is 36.2 Å². The number of carbonyl (C=O) groups is 2. The van der Waals surface area contributed by atoms with E-state index in [4.69, 9.17) is 5.11 Å². The third-order valence-electron chi connectivity index (χ3n) is 3.68. The molecule has 1 amide bonds. The first-order chi connectivity index (χ1) is 10.6. The Morgan fingerprint density at radius 1 is 1.32 bits per heavy atom. The Morgan fingerprint density at radius 3 is 2.68 bits per heavy atom. The van der Waals surface area contributed by atoms with Crippen LogP contribution < -0.4 is 5.32 Å². The Hall–Kier alpha value is -2.77. The topological polar surface area (TPSA) is 110 Å². The fraction of sp³-hybridized carbons (Fsp3) is 0.357. The van der Waals surface area contributed by atoms with Crippen molar-refractivity contribution >= 4 is 11.9 Å². The second-order valence-corrected chi connectivity index (χ2v) is 5.30. The van der Waals surface area contributed by atoms with Gasteiger partial charge in [-0.2, -0.15) is 4.68 Å². The summed E-state index contributed by atoms with van der Waals surface area (Å²) in [7, 11) is 0. The van der Waals surface area contributed by atoms with E-state index < -0.39 is 23.8 Å². The zero-order chi connectivity index (χ0) is 15.7. The van der Waals surface area contributed by atoms with Crippen LogP contribution in [0.2, 0.25) is 0 Å². The molecule has 1 heterocycles. The first-order valence-corrected chi connectivity index (χ1v) is 6.95. The first-order valence-electron chi connectivity index (χ1n) is 6.95. The number of nitrogens with one attached hydrogen (secondary N) is 1. The van der Waals surface area contributed by atoms with Gasteiger partial charge in [0.15, 0.2) is 5.82 Å². The minimum atomic E-state index is -0.929. The Labute approximate surface area is 126 Å². The largest absolute Gasteiger partial charge is 0.481 e. The summed E-state index contributed by atoms with van der Waals surface area (Å²) in [5, 5.41) is 23.2. The van der Waals surface area contributed by atoms with Gasteiger partial charge in [-0.3, -0.25) is 9.59 Å². The zero-order valence-corrected chi connectivity index (χ0v) is 11.9. The Morgan fingerprint density at radius 2 is 2.05 bits per heavy atom. The van der Waals surface area contributed by atoms with Crippen LogP contribution in [0.25, 0.3) is 5.69 Å². The van der Waals surface area contributed by atoms with E-state index in [2.05, 4.69) is 20.8 Å². The van der Waals surface area contributed by atoms with Crippen LogP contribution in [-0.2, 0) is 9.59 Å². The summed E-state index contributed by atoms with van der Waals surface area (Å²) >= 11 is 0. The van der Waals surface area contributed by atoms with Crippen LogP contribution in [-0.4, -0.2) is 37.2 Å². The summed E-state index contributed by atoms with van der Waals surface area (Å²) in [6.45, 7) is 1.77. The highest BCUT2D eigenvalue weighted by Crippen LogP contribution is 2.39. The summed E-state index contributed by atoms with van der Waals surface area (Å²) in [4.78, 5) is 22.8. The summed E-state index contributed by atoms with van der Waals surface area (Å²) in [6, 6.07) is 8.92. The number of carboxylic acid groups (broad SMARTS) is 1. The molecule has 1 aliphatic carbocycles. The molecule has 2 aromatic rings. The van der Waals surface area contributed by atoms with Crippen LogP contribution in [0.4, 0.5) is 0 Å². The van der Waals surface area contributed by atoms with Gasteiger partial charge < -0.3 is 10.4 Å². The molecule has 8 nitrogen and oxygen atoms in total. The molecule has 1 aromatic heterocycles. The standard InChI is InChI=1S/C14H15N5O3/c1-8(15-13(20)10-7-11(10)14(21)22)12-16-17-18-19(12)9-5-3-2-4-6-9/h2-6,8,10-11H,7H2,1H3,(H,15,20)(H,21,22). The van der Waals surface area contributed by atoms with Crippen molar-refractivity contribution in [2.24, 2.45) is 11.8 Å². The third-order valence-corrected chi connectivity index (χ3v) is 3.68. The van der Waals surface area contributed by atoms with Crippen LogP contribution in [0.15, 0.2) is 30.3 Å². The van der Waals surface area contributed by atoms with Crippen LogP contribution in [0.1, 0.15) is 25.2 Å². The average molecular weight is 301 g/mol. The second-order valence-electron chi connectivity index (χ2n) is 5.30. The SMILES string of the molecule is CC(NC(=O)C1CC1C(=O)O)c1nnnn1-c1ccccc1. The third kappa shape index (κ3) is 2.67. The van der Waals surface area contributed by atoms with E-state index in [1.807, 2.05) is 30.3 Å². The quantitative estimate of drug-likeness (QED) is 0.835. The first kappa shape index (κ1) is 14.2. The number of rotatable bonds is 5. The predicted octanol–water partition coefficient (Wildman–Crippen LogP) is 0.560. The van der Waals surface area contributed by atoms with Crippen LogP contribution in [0.3, 0.4) is 0 Å². The van der Waals surface area contributed by atoms with Crippen LogP contribution >= 0.6 is 0 Å². The monoisotopic (exact) mass is 301 g/mol. The van der Waals surface area contributed by atoms with Gasteiger partial charge in [0.1, 0.15) is 0 Å². The Kier molecular flexibility index (Phi) is 3.58. The van der Waals surface area contributed by atoms with Crippen molar-refractivity contribution in [3.8, 4) is 5.69 Å². The van der Waals surface area contributed by atoms with Crippen LogP contribution in [0.5, 0.6) is 0 Å². The van der Waals surface area contributed by atoms with E-state index in [0.717, 1.165) is 5.69 Å². The van der Waals surface area contributed by atoms with Gasteiger partial charge in [0, 0.05) is 0 Å². The molecule has 22 heavy (non-hydrogen) atoms. The fourth-order valence-corrected chi connectivity index (χ4v) is 2.36. The number of benzene rings is 1. The minimum absolute atomic E-state index is 0.275. The van der Waals surface area contributed by atoms with Gasteiger partial charge in [0.05, 0.1) is 23.6 Å². The van der Waals surface area contributed by atoms with Crippen molar-refractivity contribution in [1.29, 1.82) is 0 Å². The smallest absolute Gasteiger partial charge is 0.307 e. The lowest BCUT2D eigenvalue weighted by Gasteiger charge is -2.13. The maximum atomic E-state index is 12.0. The number of hydrogen-bond donors (Lipinski definition) is 2. The number of carbonyl (C=O) groups excluding carboxylic acids is 1. The number of tetrazole rings is 1. The predicted molar refractivity (Wildman–Crippen MR) is 74.9 cm³/mol. The zero-order valence-electron chi connectivity index (χ0n) is 11.9. The van der Waals surface area contributed by atoms with E-state index in [0.29, 0.717) is 12.2 Å². The maximum absolute atomic E-state index is 12.0.